The smallest absolute Gasteiger partial charge is 0.333 e. The summed E-state index contributed by atoms with van der Waals surface area (Å²) in [6.07, 6.45) is -0.488. The number of aliphatic hydroxyl groups excluding tert-OH is 2. The highest BCUT2D eigenvalue weighted by Gasteiger charge is 2.12. The summed E-state index contributed by atoms with van der Waals surface area (Å²) in [5.74, 6) is -0.984. The Hall–Kier alpha value is -1.70. The quantitative estimate of drug-likeness (QED) is 0.364. The molecule has 0 radical (unpaired) electrons. The van der Waals surface area contributed by atoms with Crippen LogP contribution in [0.15, 0.2) is 24.3 Å². The molecule has 1 atom stereocenters. The van der Waals surface area contributed by atoms with Crippen LogP contribution in [0.25, 0.3) is 0 Å². The molecule has 7 nitrogen and oxygen atoms in total. The lowest BCUT2D eigenvalue weighted by molar-refractivity contribution is -0.152. The summed E-state index contributed by atoms with van der Waals surface area (Å²) in [6, 6.07) is 0. The molecule has 0 aromatic carbocycles. The SMILES string of the molecule is C=C(C)C(=O)OCC(C)OC(=O)C(=C)C.OCCOCCO. The Balaban J connectivity index is 0. The van der Waals surface area contributed by atoms with Crippen LogP contribution < -0.4 is 0 Å². The van der Waals surface area contributed by atoms with Gasteiger partial charge in [-0.25, -0.2) is 9.59 Å². The number of hydrogen-bond acceptors (Lipinski definition) is 7. The minimum Gasteiger partial charge on any atom is -0.458 e. The van der Waals surface area contributed by atoms with Gasteiger partial charge in [0.1, 0.15) is 12.7 Å². The standard InChI is InChI=1S/C11H16O4.C4H10O3/c1-7(2)10(12)14-6-9(5)15-11(13)8(3)4;5-1-3-7-4-2-6/h9H,1,3,6H2,2,4-5H3;5-6H,1-4H2. The third-order valence-corrected chi connectivity index (χ3v) is 1.93. The highest BCUT2D eigenvalue weighted by atomic mass is 16.6. The van der Waals surface area contributed by atoms with Gasteiger partial charge < -0.3 is 24.4 Å². The summed E-state index contributed by atoms with van der Waals surface area (Å²) in [7, 11) is 0. The molecule has 0 amide bonds. The van der Waals surface area contributed by atoms with E-state index in [-0.39, 0.29) is 19.8 Å². The van der Waals surface area contributed by atoms with Gasteiger partial charge in [-0.15, -0.1) is 0 Å². The molecule has 0 aliphatic heterocycles. The maximum atomic E-state index is 11.1. The molecular formula is C15H26O7. The van der Waals surface area contributed by atoms with Gasteiger partial charge in [0.25, 0.3) is 0 Å². The second-order valence-corrected chi connectivity index (χ2v) is 4.43. The van der Waals surface area contributed by atoms with Crippen molar-refractivity contribution < 1.29 is 34.0 Å². The van der Waals surface area contributed by atoms with Crippen LogP contribution in [0.1, 0.15) is 20.8 Å². The van der Waals surface area contributed by atoms with Crippen molar-refractivity contribution in [1.29, 1.82) is 0 Å². The van der Waals surface area contributed by atoms with E-state index in [1.165, 1.54) is 0 Å². The molecule has 0 aromatic heterocycles. The van der Waals surface area contributed by atoms with Gasteiger partial charge in [-0.05, 0) is 20.8 Å². The van der Waals surface area contributed by atoms with E-state index < -0.39 is 18.0 Å². The molecule has 7 heteroatoms. The lowest BCUT2D eigenvalue weighted by atomic mass is 10.3. The number of ether oxygens (including phenoxy) is 3. The average molecular weight is 318 g/mol. The first-order valence-corrected chi connectivity index (χ1v) is 6.74. The lowest BCUT2D eigenvalue weighted by Gasteiger charge is -2.13. The molecule has 0 saturated carbocycles. The van der Waals surface area contributed by atoms with Crippen LogP contribution in [0.3, 0.4) is 0 Å². The van der Waals surface area contributed by atoms with Gasteiger partial charge in [0, 0.05) is 11.1 Å². The van der Waals surface area contributed by atoms with Crippen LogP contribution in [0.4, 0.5) is 0 Å². The highest BCUT2D eigenvalue weighted by Crippen LogP contribution is 2.00. The first-order valence-electron chi connectivity index (χ1n) is 6.74. The molecule has 0 aliphatic rings. The topological polar surface area (TPSA) is 102 Å². The van der Waals surface area contributed by atoms with Gasteiger partial charge in [0.15, 0.2) is 0 Å². The monoisotopic (exact) mass is 318 g/mol. The van der Waals surface area contributed by atoms with E-state index in [1.807, 2.05) is 0 Å². The van der Waals surface area contributed by atoms with E-state index in [0.717, 1.165) is 0 Å². The zero-order valence-electron chi connectivity index (χ0n) is 13.5. The molecule has 0 fully saturated rings. The van der Waals surface area contributed by atoms with E-state index in [0.29, 0.717) is 24.4 Å². The van der Waals surface area contributed by atoms with E-state index in [1.54, 1.807) is 20.8 Å². The Bertz CT molecular complexity index is 359. The highest BCUT2D eigenvalue weighted by molar-refractivity contribution is 5.87. The van der Waals surface area contributed by atoms with Crippen LogP contribution >= 0.6 is 0 Å². The van der Waals surface area contributed by atoms with Gasteiger partial charge in [-0.1, -0.05) is 13.2 Å². The number of rotatable bonds is 9. The maximum Gasteiger partial charge on any atom is 0.333 e. The van der Waals surface area contributed by atoms with E-state index in [9.17, 15) is 9.59 Å². The van der Waals surface area contributed by atoms with Crippen molar-refractivity contribution in [2.75, 3.05) is 33.0 Å². The molecule has 0 bridgehead atoms. The third kappa shape index (κ3) is 14.7. The van der Waals surface area contributed by atoms with Gasteiger partial charge in [0.05, 0.1) is 26.4 Å². The summed E-state index contributed by atoms with van der Waals surface area (Å²) in [6.45, 7) is 12.3. The van der Waals surface area contributed by atoms with Crippen LogP contribution in [-0.2, 0) is 23.8 Å². The molecule has 0 spiro atoms. The molecule has 22 heavy (non-hydrogen) atoms. The molecule has 0 heterocycles. The van der Waals surface area contributed by atoms with Crippen molar-refractivity contribution in [2.45, 2.75) is 26.9 Å². The van der Waals surface area contributed by atoms with Crippen molar-refractivity contribution in [2.24, 2.45) is 0 Å². The van der Waals surface area contributed by atoms with Gasteiger partial charge in [-0.3, -0.25) is 0 Å². The predicted molar refractivity (Wildman–Crippen MR) is 81.1 cm³/mol. The molecule has 1 unspecified atom stereocenters. The number of aliphatic hydroxyl groups is 2. The van der Waals surface area contributed by atoms with Crippen molar-refractivity contribution in [3.05, 3.63) is 24.3 Å². The Kier molecular flexibility index (Phi) is 14.6. The number of carbonyl (C=O) groups is 2. The third-order valence-electron chi connectivity index (χ3n) is 1.93. The number of carbonyl (C=O) groups excluding carboxylic acids is 2. The molecule has 0 saturated heterocycles. The van der Waals surface area contributed by atoms with Crippen molar-refractivity contribution >= 4 is 11.9 Å². The zero-order chi connectivity index (χ0) is 17.5. The summed E-state index contributed by atoms with van der Waals surface area (Å²) in [4.78, 5) is 22.0. The number of hydrogen-bond donors (Lipinski definition) is 2. The fourth-order valence-corrected chi connectivity index (χ4v) is 0.865. The van der Waals surface area contributed by atoms with Crippen molar-refractivity contribution in [3.8, 4) is 0 Å². The van der Waals surface area contributed by atoms with Gasteiger partial charge in [-0.2, -0.15) is 0 Å². The zero-order valence-corrected chi connectivity index (χ0v) is 13.5. The second-order valence-electron chi connectivity index (χ2n) is 4.43. The first kappa shape index (κ1) is 22.6. The van der Waals surface area contributed by atoms with Crippen molar-refractivity contribution in [1.82, 2.24) is 0 Å². The largest absolute Gasteiger partial charge is 0.458 e. The second kappa shape index (κ2) is 14.2. The predicted octanol–water partition coefficient (Wildman–Crippen LogP) is 0.601. The van der Waals surface area contributed by atoms with E-state index in [4.69, 9.17) is 19.7 Å². The molecule has 0 rings (SSSR count). The summed E-state index contributed by atoms with van der Waals surface area (Å²) in [5.41, 5.74) is 0.626. The first-order chi connectivity index (χ1) is 10.3. The lowest BCUT2D eigenvalue weighted by Crippen LogP contribution is -2.22. The number of esters is 2. The van der Waals surface area contributed by atoms with Crippen LogP contribution in [0, 0.1) is 0 Å². The van der Waals surface area contributed by atoms with Gasteiger partial charge in [0.2, 0.25) is 0 Å². The Morgan fingerprint density at radius 3 is 1.82 bits per heavy atom. The van der Waals surface area contributed by atoms with Crippen LogP contribution in [0.2, 0.25) is 0 Å². The van der Waals surface area contributed by atoms with Crippen LogP contribution in [0.5, 0.6) is 0 Å². The molecule has 0 aliphatic carbocycles. The molecule has 0 aromatic rings. The molecule has 128 valence electrons. The molecule has 2 N–H and O–H groups in total. The maximum absolute atomic E-state index is 11.1. The van der Waals surface area contributed by atoms with E-state index in [2.05, 4.69) is 17.9 Å². The summed E-state index contributed by atoms with van der Waals surface area (Å²) in [5, 5.41) is 16.2. The Morgan fingerprint density at radius 1 is 1.00 bits per heavy atom. The van der Waals surface area contributed by atoms with Gasteiger partial charge >= 0.3 is 11.9 Å². The van der Waals surface area contributed by atoms with Crippen LogP contribution in [-0.4, -0.2) is 61.3 Å². The molecular weight excluding hydrogens is 292 g/mol. The van der Waals surface area contributed by atoms with E-state index >= 15 is 0 Å². The Labute approximate surface area is 131 Å². The summed E-state index contributed by atoms with van der Waals surface area (Å²) >= 11 is 0. The average Bonchev–Trinajstić information content (AvgIpc) is 2.45. The van der Waals surface area contributed by atoms with Crippen molar-refractivity contribution in [3.63, 3.8) is 0 Å². The summed E-state index contributed by atoms with van der Waals surface area (Å²) < 4.78 is 14.3. The normalized spacial score (nSPS) is 10.8. The Morgan fingerprint density at radius 2 is 1.45 bits per heavy atom. The fraction of sp³-hybridized carbons (Fsp3) is 0.600. The minimum absolute atomic E-state index is 0.0186. The fourth-order valence-electron chi connectivity index (χ4n) is 0.865. The minimum atomic E-state index is -0.492.